The zero-order valence-electron chi connectivity index (χ0n) is 14.0. The minimum atomic E-state index is -0.277. The van der Waals surface area contributed by atoms with Crippen LogP contribution in [0.15, 0.2) is 34.8 Å². The summed E-state index contributed by atoms with van der Waals surface area (Å²) in [5.41, 5.74) is 2.91. The van der Waals surface area contributed by atoms with Crippen LogP contribution in [0.2, 0.25) is 5.02 Å². The molecule has 24 heavy (non-hydrogen) atoms. The Morgan fingerprint density at radius 2 is 1.96 bits per heavy atom. The molecule has 0 saturated carbocycles. The molecule has 3 nitrogen and oxygen atoms in total. The Labute approximate surface area is 156 Å². The molecule has 2 rings (SSSR count). The molecule has 0 amide bonds. The average molecular weight is 412 g/mol. The van der Waals surface area contributed by atoms with Crippen molar-refractivity contribution in [2.75, 3.05) is 0 Å². The lowest BCUT2D eigenvalue weighted by Crippen LogP contribution is -2.09. The van der Waals surface area contributed by atoms with Crippen molar-refractivity contribution in [2.24, 2.45) is 0 Å². The van der Waals surface area contributed by atoms with E-state index in [2.05, 4.69) is 22.9 Å². The van der Waals surface area contributed by atoms with Crippen LogP contribution in [0.3, 0.4) is 0 Å². The summed E-state index contributed by atoms with van der Waals surface area (Å²) in [5.74, 6) is 0.951. The SMILES string of the molecule is CCC(=O)Oc1cccc(Br)c1COc1cc(Cl)c(CC)cc1C. The number of ether oxygens (including phenoxy) is 2. The highest BCUT2D eigenvalue weighted by Gasteiger charge is 2.13. The van der Waals surface area contributed by atoms with Crippen molar-refractivity contribution >= 4 is 33.5 Å². The molecule has 0 heterocycles. The van der Waals surface area contributed by atoms with E-state index in [1.165, 1.54) is 0 Å². The quantitative estimate of drug-likeness (QED) is 0.440. The predicted octanol–water partition coefficient (Wildman–Crippen LogP) is 5.87. The number of halogens is 2. The van der Waals surface area contributed by atoms with Gasteiger partial charge in [-0.25, -0.2) is 0 Å². The molecule has 0 saturated heterocycles. The number of aryl methyl sites for hydroxylation is 2. The highest BCUT2D eigenvalue weighted by molar-refractivity contribution is 9.10. The Bertz CT molecular complexity index is 744. The largest absolute Gasteiger partial charge is 0.488 e. The van der Waals surface area contributed by atoms with Crippen LogP contribution >= 0.6 is 27.5 Å². The summed E-state index contributed by atoms with van der Waals surface area (Å²) in [6.07, 6.45) is 1.20. The van der Waals surface area contributed by atoms with Gasteiger partial charge >= 0.3 is 5.97 Å². The van der Waals surface area contributed by atoms with Crippen LogP contribution in [0.1, 0.15) is 37.0 Å². The summed E-state index contributed by atoms with van der Waals surface area (Å²) in [6.45, 7) is 6.09. The van der Waals surface area contributed by atoms with Gasteiger partial charge in [-0.15, -0.1) is 0 Å². The molecule has 0 N–H and O–H groups in total. The Kier molecular flexibility index (Phi) is 6.69. The van der Waals surface area contributed by atoms with Gasteiger partial charge in [-0.2, -0.15) is 0 Å². The highest BCUT2D eigenvalue weighted by Crippen LogP contribution is 2.31. The van der Waals surface area contributed by atoms with Crippen LogP contribution in [0.4, 0.5) is 0 Å². The van der Waals surface area contributed by atoms with Crippen LogP contribution in [0.5, 0.6) is 11.5 Å². The first-order valence-corrected chi connectivity index (χ1v) is 9.03. The summed E-state index contributed by atoms with van der Waals surface area (Å²) in [6, 6.07) is 9.35. The first-order chi connectivity index (χ1) is 11.5. The van der Waals surface area contributed by atoms with Gasteiger partial charge in [0.2, 0.25) is 0 Å². The second-order valence-corrected chi connectivity index (χ2v) is 6.66. The van der Waals surface area contributed by atoms with Crippen LogP contribution in [0.25, 0.3) is 0 Å². The molecule has 0 aromatic heterocycles. The lowest BCUT2D eigenvalue weighted by atomic mass is 10.1. The topological polar surface area (TPSA) is 35.5 Å². The maximum Gasteiger partial charge on any atom is 0.310 e. The molecule has 5 heteroatoms. The number of carbonyl (C=O) groups excluding carboxylic acids is 1. The molecule has 128 valence electrons. The average Bonchev–Trinajstić information content (AvgIpc) is 2.56. The predicted molar refractivity (Wildman–Crippen MR) is 100.0 cm³/mol. The molecule has 0 unspecified atom stereocenters. The number of hydrogen-bond acceptors (Lipinski definition) is 3. The fourth-order valence-corrected chi connectivity index (χ4v) is 3.02. The minimum Gasteiger partial charge on any atom is -0.488 e. The Morgan fingerprint density at radius 1 is 1.21 bits per heavy atom. The molecular formula is C19H20BrClO3. The van der Waals surface area contributed by atoms with Crippen molar-refractivity contribution in [3.8, 4) is 11.5 Å². The number of esters is 1. The summed E-state index contributed by atoms with van der Waals surface area (Å²) in [7, 11) is 0. The van der Waals surface area contributed by atoms with E-state index in [1.54, 1.807) is 13.0 Å². The third kappa shape index (κ3) is 4.52. The van der Waals surface area contributed by atoms with Crippen LogP contribution in [0, 0.1) is 6.92 Å². The zero-order chi connectivity index (χ0) is 17.7. The molecule has 0 spiro atoms. The second-order valence-electron chi connectivity index (χ2n) is 5.40. The summed E-state index contributed by atoms with van der Waals surface area (Å²) >= 11 is 9.77. The maximum absolute atomic E-state index is 11.6. The first kappa shape index (κ1) is 18.8. The molecule has 0 aliphatic heterocycles. The standard InChI is InChI=1S/C19H20BrClO3/c1-4-13-9-12(3)18(10-16(13)21)23-11-14-15(20)7-6-8-17(14)24-19(22)5-2/h6-10H,4-5,11H2,1-3H3. The van der Waals surface area contributed by atoms with Crippen LogP contribution in [-0.4, -0.2) is 5.97 Å². The molecule has 2 aromatic rings. The number of rotatable bonds is 6. The summed E-state index contributed by atoms with van der Waals surface area (Å²) in [4.78, 5) is 11.6. The maximum atomic E-state index is 11.6. The van der Waals surface area contributed by atoms with Crippen molar-refractivity contribution in [1.29, 1.82) is 0 Å². The molecule has 0 aliphatic carbocycles. The third-order valence-electron chi connectivity index (χ3n) is 3.69. The van der Waals surface area contributed by atoms with Gasteiger partial charge in [0, 0.05) is 21.5 Å². The van der Waals surface area contributed by atoms with E-state index in [0.717, 1.165) is 33.3 Å². The summed E-state index contributed by atoms with van der Waals surface area (Å²) in [5, 5.41) is 0.697. The van der Waals surface area contributed by atoms with Crippen molar-refractivity contribution in [1.82, 2.24) is 0 Å². The minimum absolute atomic E-state index is 0.274. The van der Waals surface area contributed by atoms with Crippen LogP contribution in [-0.2, 0) is 17.8 Å². The fraction of sp³-hybridized carbons (Fsp3) is 0.316. The van der Waals surface area contributed by atoms with E-state index in [4.69, 9.17) is 21.1 Å². The number of carbonyl (C=O) groups is 1. The molecule has 0 fully saturated rings. The van der Waals surface area contributed by atoms with Gasteiger partial charge in [-0.1, -0.05) is 53.5 Å². The third-order valence-corrected chi connectivity index (χ3v) is 4.78. The highest BCUT2D eigenvalue weighted by atomic mass is 79.9. The Hall–Kier alpha value is -1.52. The molecule has 0 radical (unpaired) electrons. The fourth-order valence-electron chi connectivity index (χ4n) is 2.27. The molecular weight excluding hydrogens is 392 g/mol. The van der Waals surface area contributed by atoms with E-state index < -0.39 is 0 Å². The summed E-state index contributed by atoms with van der Waals surface area (Å²) < 4.78 is 12.1. The molecule has 0 aliphatic rings. The number of hydrogen-bond donors (Lipinski definition) is 0. The van der Waals surface area contributed by atoms with Gasteiger partial charge in [0.1, 0.15) is 18.1 Å². The van der Waals surface area contributed by atoms with Crippen molar-refractivity contribution < 1.29 is 14.3 Å². The van der Waals surface area contributed by atoms with E-state index in [-0.39, 0.29) is 12.6 Å². The van der Waals surface area contributed by atoms with Gasteiger partial charge in [0.05, 0.1) is 0 Å². The van der Waals surface area contributed by atoms with Gasteiger partial charge in [0.25, 0.3) is 0 Å². The normalized spacial score (nSPS) is 10.5. The lowest BCUT2D eigenvalue weighted by Gasteiger charge is -2.15. The molecule has 2 aromatic carbocycles. The van der Waals surface area contributed by atoms with E-state index in [1.807, 2.05) is 31.2 Å². The first-order valence-electron chi connectivity index (χ1n) is 7.86. The van der Waals surface area contributed by atoms with Gasteiger partial charge in [-0.05, 0) is 42.7 Å². The van der Waals surface area contributed by atoms with Gasteiger partial charge < -0.3 is 9.47 Å². The van der Waals surface area contributed by atoms with Gasteiger partial charge in [0.15, 0.2) is 0 Å². The monoisotopic (exact) mass is 410 g/mol. The molecule has 0 atom stereocenters. The second kappa shape index (κ2) is 8.54. The van der Waals surface area contributed by atoms with E-state index in [9.17, 15) is 4.79 Å². The van der Waals surface area contributed by atoms with E-state index >= 15 is 0 Å². The van der Waals surface area contributed by atoms with Crippen molar-refractivity contribution in [2.45, 2.75) is 40.2 Å². The smallest absolute Gasteiger partial charge is 0.310 e. The van der Waals surface area contributed by atoms with Gasteiger partial charge in [-0.3, -0.25) is 4.79 Å². The van der Waals surface area contributed by atoms with Crippen molar-refractivity contribution in [3.63, 3.8) is 0 Å². The van der Waals surface area contributed by atoms with Crippen molar-refractivity contribution in [3.05, 3.63) is 56.5 Å². The molecule has 0 bridgehead atoms. The van der Waals surface area contributed by atoms with E-state index in [0.29, 0.717) is 17.2 Å². The number of benzene rings is 2. The Balaban J connectivity index is 2.23. The lowest BCUT2D eigenvalue weighted by molar-refractivity contribution is -0.134. The zero-order valence-corrected chi connectivity index (χ0v) is 16.3. The van der Waals surface area contributed by atoms with Crippen LogP contribution < -0.4 is 9.47 Å². The Morgan fingerprint density at radius 3 is 2.62 bits per heavy atom.